The van der Waals surface area contributed by atoms with Crippen molar-refractivity contribution >= 4 is 33.4 Å². The summed E-state index contributed by atoms with van der Waals surface area (Å²) in [5, 5.41) is 12.0. The summed E-state index contributed by atoms with van der Waals surface area (Å²) in [7, 11) is 1.81. The van der Waals surface area contributed by atoms with Crippen LogP contribution in [0.5, 0.6) is 11.8 Å². The first-order valence-corrected chi connectivity index (χ1v) is 16.5. The van der Waals surface area contributed by atoms with Crippen LogP contribution >= 0.6 is 0 Å². The van der Waals surface area contributed by atoms with Crippen molar-refractivity contribution < 1.29 is 27.8 Å². The summed E-state index contributed by atoms with van der Waals surface area (Å²) in [5.41, 5.74) is -0.230. The summed E-state index contributed by atoms with van der Waals surface area (Å²) in [6, 6.07) is 5.80. The van der Waals surface area contributed by atoms with Gasteiger partial charge in [-0.15, -0.1) is 0 Å². The van der Waals surface area contributed by atoms with Gasteiger partial charge in [-0.25, -0.2) is 13.2 Å². The summed E-state index contributed by atoms with van der Waals surface area (Å²) in [6.45, 7) is 4.32. The number of halogens is 3. The number of β-lactam (4-membered cyclic amide) rings is 1. The Hall–Kier alpha value is -4.19. The summed E-state index contributed by atoms with van der Waals surface area (Å²) >= 11 is 0. The molecule has 4 saturated heterocycles. The van der Waals surface area contributed by atoms with Gasteiger partial charge in [0.1, 0.15) is 41.4 Å². The number of phenols is 1. The fourth-order valence-corrected chi connectivity index (χ4v) is 8.60. The Labute approximate surface area is 270 Å². The second-order valence-electron chi connectivity index (χ2n) is 13.7. The molecule has 47 heavy (non-hydrogen) atoms. The van der Waals surface area contributed by atoms with Crippen molar-refractivity contribution in [2.45, 2.75) is 69.1 Å². The number of fused-ring (bicyclic) bond motifs is 3. The van der Waals surface area contributed by atoms with Crippen molar-refractivity contribution in [2.75, 3.05) is 44.7 Å². The number of phenolic OH excluding ortho intramolecular Hbond substituents is 1. The van der Waals surface area contributed by atoms with Gasteiger partial charge in [0, 0.05) is 44.9 Å². The normalized spacial score (nSPS) is 26.1. The van der Waals surface area contributed by atoms with Gasteiger partial charge in [0.05, 0.1) is 22.9 Å². The minimum Gasteiger partial charge on any atom is -0.508 e. The Bertz CT molecular complexity index is 1940. The monoisotopic (exact) mass is 646 g/mol. The smallest absolute Gasteiger partial charge is 0.319 e. The largest absolute Gasteiger partial charge is 0.508 e. The van der Waals surface area contributed by atoms with Crippen molar-refractivity contribution in [1.82, 2.24) is 24.8 Å². The van der Waals surface area contributed by atoms with Crippen LogP contribution in [-0.2, 0) is 11.2 Å². The van der Waals surface area contributed by atoms with E-state index in [1.165, 1.54) is 24.4 Å². The van der Waals surface area contributed by atoms with Crippen LogP contribution in [0.3, 0.4) is 0 Å². The topological polar surface area (TPSA) is 94.9 Å². The molecule has 2 aromatic carbocycles. The molecule has 1 unspecified atom stereocenters. The molecule has 6 heterocycles. The molecular weight excluding hydrogens is 609 g/mol. The lowest BCUT2D eigenvalue weighted by molar-refractivity contribution is -0.154. The molecule has 246 valence electrons. The number of carbonyl (C=O) groups is 1. The van der Waals surface area contributed by atoms with E-state index in [0.717, 1.165) is 32.2 Å². The van der Waals surface area contributed by atoms with Gasteiger partial charge in [-0.1, -0.05) is 13.0 Å². The van der Waals surface area contributed by atoms with E-state index in [1.54, 1.807) is 11.0 Å². The number of aryl methyl sites for hydroxylation is 1. The molecule has 2 aromatic heterocycles. The van der Waals surface area contributed by atoms with Gasteiger partial charge in [-0.05, 0) is 73.2 Å². The highest BCUT2D eigenvalue weighted by Gasteiger charge is 2.51. The zero-order valence-corrected chi connectivity index (χ0v) is 26.5. The summed E-state index contributed by atoms with van der Waals surface area (Å²) in [4.78, 5) is 32.2. The van der Waals surface area contributed by atoms with E-state index in [-0.39, 0.29) is 46.6 Å². The minimum absolute atomic E-state index is 0.0193. The maximum Gasteiger partial charge on any atom is 0.319 e. The summed E-state index contributed by atoms with van der Waals surface area (Å²) in [6.07, 6.45) is 5.16. The first kappa shape index (κ1) is 30.2. The molecule has 12 heteroatoms. The predicted molar refractivity (Wildman–Crippen MR) is 171 cm³/mol. The first-order chi connectivity index (χ1) is 22.6. The van der Waals surface area contributed by atoms with E-state index < -0.39 is 23.3 Å². The maximum atomic E-state index is 16.9. The van der Waals surface area contributed by atoms with E-state index in [1.807, 2.05) is 18.9 Å². The van der Waals surface area contributed by atoms with Crippen molar-refractivity contribution in [3.8, 4) is 23.0 Å². The number of aromatic hydroxyl groups is 1. The number of piperidine rings is 1. The standard InChI is InChI=1S/C35H37F3N6O3/c1-3-23-26(37)7-6-20-12-22(45)13-24(28(20)23)30-29(38)31-25(16-39-30)32(43-10-4-8-34(18-43)15-27(46)42(34)2)41-33(40-31)47-19-35-9-5-11-44(35)17-21(36)14-35/h6-7,12-13,16,21,45H,3-5,8-11,14-15,17-19H2,1-2H3/t21-,34?,35+/m1/s1. The fourth-order valence-electron chi connectivity index (χ4n) is 8.60. The van der Waals surface area contributed by atoms with Gasteiger partial charge < -0.3 is 19.6 Å². The van der Waals surface area contributed by atoms with Crippen LogP contribution in [0.25, 0.3) is 32.9 Å². The molecule has 0 aliphatic carbocycles. The number of anilines is 1. The number of benzene rings is 2. The molecule has 1 N–H and O–H groups in total. The lowest BCUT2D eigenvalue weighted by Gasteiger charge is -2.55. The average Bonchev–Trinajstić information content (AvgIpc) is 3.59. The first-order valence-electron chi connectivity index (χ1n) is 16.5. The van der Waals surface area contributed by atoms with Crippen LogP contribution in [-0.4, -0.2) is 92.8 Å². The number of amides is 1. The third-order valence-electron chi connectivity index (χ3n) is 11.1. The summed E-state index contributed by atoms with van der Waals surface area (Å²) in [5.74, 6) is -0.732. The molecule has 0 radical (unpaired) electrons. The number of likely N-dealkylation sites (N-methyl/N-ethyl adjacent to an activating group) is 1. The molecule has 0 saturated carbocycles. The van der Waals surface area contributed by atoms with E-state index >= 15 is 4.39 Å². The van der Waals surface area contributed by atoms with Crippen LogP contribution < -0.4 is 9.64 Å². The van der Waals surface area contributed by atoms with Crippen molar-refractivity contribution in [3.05, 3.63) is 47.7 Å². The van der Waals surface area contributed by atoms with Gasteiger partial charge in [0.2, 0.25) is 5.91 Å². The lowest BCUT2D eigenvalue weighted by Crippen LogP contribution is -2.68. The molecule has 1 amide bonds. The Morgan fingerprint density at radius 1 is 1.13 bits per heavy atom. The number of pyridine rings is 1. The number of rotatable bonds is 6. The molecule has 4 aromatic rings. The third kappa shape index (κ3) is 4.69. The number of ether oxygens (including phenoxy) is 1. The zero-order chi connectivity index (χ0) is 32.7. The molecule has 3 atom stereocenters. The highest BCUT2D eigenvalue weighted by atomic mass is 19.1. The number of alkyl halides is 1. The second-order valence-corrected chi connectivity index (χ2v) is 13.7. The lowest BCUT2D eigenvalue weighted by atomic mass is 9.77. The number of aromatic nitrogens is 3. The minimum atomic E-state index is -0.931. The Kier molecular flexibility index (Phi) is 7.02. The van der Waals surface area contributed by atoms with E-state index in [9.17, 15) is 18.7 Å². The SMILES string of the molecule is CCc1c(F)ccc2cc(O)cc(-c3ncc4c(N5CCCC6(CC(=O)N6C)C5)nc(OC[C@@]56CCCN5C[C@H](F)C6)nc4c3F)c12. The molecule has 4 fully saturated rings. The second kappa shape index (κ2) is 10.9. The van der Waals surface area contributed by atoms with E-state index in [2.05, 4.69) is 14.9 Å². The Balaban J connectivity index is 1.27. The predicted octanol–water partition coefficient (Wildman–Crippen LogP) is 5.55. The summed E-state index contributed by atoms with van der Waals surface area (Å²) < 4.78 is 52.7. The number of hydrogen-bond donors (Lipinski definition) is 1. The molecule has 9 nitrogen and oxygen atoms in total. The number of hydrogen-bond acceptors (Lipinski definition) is 8. The Morgan fingerprint density at radius 3 is 2.74 bits per heavy atom. The maximum absolute atomic E-state index is 16.9. The number of likely N-dealkylation sites (tertiary alicyclic amines) is 1. The van der Waals surface area contributed by atoms with Crippen LogP contribution in [0.15, 0.2) is 30.5 Å². The third-order valence-corrected chi connectivity index (χ3v) is 11.1. The van der Waals surface area contributed by atoms with Gasteiger partial charge in [-0.2, -0.15) is 9.97 Å². The fraction of sp³-hybridized carbons (Fsp3) is 0.486. The zero-order valence-electron chi connectivity index (χ0n) is 26.5. The molecule has 8 rings (SSSR count). The van der Waals surface area contributed by atoms with Crippen LogP contribution in [0.4, 0.5) is 19.0 Å². The van der Waals surface area contributed by atoms with Gasteiger partial charge in [-0.3, -0.25) is 14.7 Å². The highest BCUT2D eigenvalue weighted by Crippen LogP contribution is 2.44. The Morgan fingerprint density at radius 2 is 1.96 bits per heavy atom. The van der Waals surface area contributed by atoms with Gasteiger partial charge in [0.15, 0.2) is 5.82 Å². The molecule has 4 aliphatic rings. The van der Waals surface area contributed by atoms with Crippen molar-refractivity contribution in [3.63, 3.8) is 0 Å². The van der Waals surface area contributed by atoms with E-state index in [0.29, 0.717) is 66.4 Å². The van der Waals surface area contributed by atoms with Crippen LogP contribution in [0, 0.1) is 11.6 Å². The van der Waals surface area contributed by atoms with Crippen LogP contribution in [0.1, 0.15) is 51.0 Å². The molecule has 0 bridgehead atoms. The quantitative estimate of drug-likeness (QED) is 0.273. The number of nitrogens with zero attached hydrogens (tertiary/aromatic N) is 6. The molecule has 4 aliphatic heterocycles. The van der Waals surface area contributed by atoms with E-state index in [4.69, 9.17) is 9.72 Å². The number of carbonyl (C=O) groups excluding carboxylic acids is 1. The highest BCUT2D eigenvalue weighted by molar-refractivity contribution is 6.01. The van der Waals surface area contributed by atoms with Crippen LogP contribution in [0.2, 0.25) is 0 Å². The van der Waals surface area contributed by atoms with Crippen molar-refractivity contribution in [1.29, 1.82) is 0 Å². The molecular formula is C35H37F3N6O3. The van der Waals surface area contributed by atoms with Gasteiger partial charge >= 0.3 is 6.01 Å². The average molecular weight is 647 g/mol. The van der Waals surface area contributed by atoms with Crippen molar-refractivity contribution in [2.24, 2.45) is 0 Å². The molecule has 1 spiro atoms. The van der Waals surface area contributed by atoms with Gasteiger partial charge in [0.25, 0.3) is 0 Å².